The van der Waals surface area contributed by atoms with Crippen molar-refractivity contribution in [2.24, 2.45) is 5.92 Å². The molecule has 3 nitrogen and oxygen atoms in total. The van der Waals surface area contributed by atoms with Crippen LogP contribution in [0.25, 0.3) is 0 Å². The summed E-state index contributed by atoms with van der Waals surface area (Å²) in [6, 6.07) is 2.42. The van der Waals surface area contributed by atoms with E-state index < -0.39 is 0 Å². The third-order valence-electron chi connectivity index (χ3n) is 2.78. The fraction of sp³-hybridized carbons (Fsp3) is 0.600. The Hall–Kier alpha value is -1.12. The lowest BCUT2D eigenvalue weighted by atomic mass is 10.2. The van der Waals surface area contributed by atoms with Gasteiger partial charge in [0.05, 0.1) is 0 Å². The van der Waals surface area contributed by atoms with Crippen molar-refractivity contribution < 1.29 is 0 Å². The molecule has 2 rings (SSSR count). The highest BCUT2D eigenvalue weighted by Crippen LogP contribution is 2.35. The Kier molecular flexibility index (Phi) is 2.17. The van der Waals surface area contributed by atoms with Crippen molar-refractivity contribution >= 4 is 5.95 Å². The highest BCUT2D eigenvalue weighted by Gasteiger charge is 2.31. The fourth-order valence-electron chi connectivity index (χ4n) is 1.55. The van der Waals surface area contributed by atoms with E-state index in [0.717, 1.165) is 11.9 Å². The van der Waals surface area contributed by atoms with E-state index in [9.17, 15) is 0 Å². The second kappa shape index (κ2) is 3.32. The monoisotopic (exact) mass is 177 g/mol. The lowest BCUT2D eigenvalue weighted by molar-refractivity contribution is 0.597. The lowest BCUT2D eigenvalue weighted by Crippen LogP contribution is -2.31. The smallest absolute Gasteiger partial charge is 0.225 e. The van der Waals surface area contributed by atoms with Gasteiger partial charge in [0.15, 0.2) is 0 Å². The minimum Gasteiger partial charge on any atom is -0.341 e. The third-order valence-corrected chi connectivity index (χ3v) is 2.78. The van der Waals surface area contributed by atoms with Crippen molar-refractivity contribution in [3.8, 4) is 0 Å². The Bertz CT molecular complexity index is 269. The van der Waals surface area contributed by atoms with Gasteiger partial charge in [0, 0.05) is 25.5 Å². The molecule has 0 bridgehead atoms. The summed E-state index contributed by atoms with van der Waals surface area (Å²) in [5, 5.41) is 0. The van der Waals surface area contributed by atoms with Crippen LogP contribution >= 0.6 is 0 Å². The van der Waals surface area contributed by atoms with Crippen molar-refractivity contribution in [3.05, 3.63) is 18.5 Å². The maximum atomic E-state index is 4.22. The lowest BCUT2D eigenvalue weighted by Gasteiger charge is -2.24. The van der Waals surface area contributed by atoms with Crippen LogP contribution in [0.3, 0.4) is 0 Å². The molecular weight excluding hydrogens is 162 g/mol. The molecule has 13 heavy (non-hydrogen) atoms. The number of hydrogen-bond donors (Lipinski definition) is 0. The third kappa shape index (κ3) is 1.79. The predicted molar refractivity (Wildman–Crippen MR) is 52.6 cm³/mol. The van der Waals surface area contributed by atoms with E-state index >= 15 is 0 Å². The van der Waals surface area contributed by atoms with E-state index in [4.69, 9.17) is 0 Å². The van der Waals surface area contributed by atoms with E-state index in [-0.39, 0.29) is 0 Å². The second-order valence-electron chi connectivity index (χ2n) is 3.74. The molecule has 0 amide bonds. The Balaban J connectivity index is 2.07. The Morgan fingerprint density at radius 2 is 2.00 bits per heavy atom. The molecule has 0 aromatic carbocycles. The van der Waals surface area contributed by atoms with Crippen LogP contribution in [-0.2, 0) is 0 Å². The first-order chi connectivity index (χ1) is 6.29. The Labute approximate surface area is 78.8 Å². The zero-order chi connectivity index (χ0) is 9.26. The normalized spacial score (nSPS) is 18.3. The summed E-state index contributed by atoms with van der Waals surface area (Å²) in [7, 11) is 2.07. The highest BCUT2D eigenvalue weighted by atomic mass is 15.2. The zero-order valence-corrected chi connectivity index (χ0v) is 8.14. The van der Waals surface area contributed by atoms with Crippen molar-refractivity contribution in [1.29, 1.82) is 0 Å². The summed E-state index contributed by atoms with van der Waals surface area (Å²) in [6.45, 7) is 2.24. The molecule has 0 N–H and O–H groups in total. The van der Waals surface area contributed by atoms with Crippen LogP contribution in [0.5, 0.6) is 0 Å². The van der Waals surface area contributed by atoms with Crippen LogP contribution < -0.4 is 4.90 Å². The maximum Gasteiger partial charge on any atom is 0.225 e. The molecule has 1 atom stereocenters. The SMILES string of the molecule is CC(C1CC1)N(C)c1ncccn1. The molecule has 1 saturated carbocycles. The molecule has 0 radical (unpaired) electrons. The van der Waals surface area contributed by atoms with Crippen LogP contribution in [0.2, 0.25) is 0 Å². The number of anilines is 1. The first-order valence-corrected chi connectivity index (χ1v) is 4.79. The molecule has 1 unspecified atom stereocenters. The van der Waals surface area contributed by atoms with Crippen molar-refractivity contribution in [2.75, 3.05) is 11.9 Å². The van der Waals surface area contributed by atoms with Crippen LogP contribution in [0.4, 0.5) is 5.95 Å². The van der Waals surface area contributed by atoms with Gasteiger partial charge in [-0.05, 0) is 31.7 Å². The summed E-state index contributed by atoms with van der Waals surface area (Å²) in [5.41, 5.74) is 0. The van der Waals surface area contributed by atoms with E-state index in [1.54, 1.807) is 12.4 Å². The molecule has 70 valence electrons. The van der Waals surface area contributed by atoms with Crippen LogP contribution in [0, 0.1) is 5.92 Å². The van der Waals surface area contributed by atoms with Gasteiger partial charge in [0.1, 0.15) is 0 Å². The number of rotatable bonds is 3. The Morgan fingerprint density at radius 1 is 1.38 bits per heavy atom. The molecule has 1 aliphatic rings. The summed E-state index contributed by atoms with van der Waals surface area (Å²) >= 11 is 0. The molecule has 1 aromatic heterocycles. The van der Waals surface area contributed by atoms with Gasteiger partial charge in [0.2, 0.25) is 5.95 Å². The van der Waals surface area contributed by atoms with Gasteiger partial charge in [-0.2, -0.15) is 0 Å². The molecule has 1 aliphatic carbocycles. The first kappa shape index (κ1) is 8.48. The van der Waals surface area contributed by atoms with Crippen LogP contribution in [0.15, 0.2) is 18.5 Å². The van der Waals surface area contributed by atoms with Gasteiger partial charge in [0.25, 0.3) is 0 Å². The van der Waals surface area contributed by atoms with Crippen LogP contribution in [-0.4, -0.2) is 23.1 Å². The summed E-state index contributed by atoms with van der Waals surface area (Å²) in [5.74, 6) is 1.69. The average molecular weight is 177 g/mol. The van der Waals surface area contributed by atoms with E-state index in [1.165, 1.54) is 12.8 Å². The zero-order valence-electron chi connectivity index (χ0n) is 8.14. The van der Waals surface area contributed by atoms with Gasteiger partial charge in [-0.25, -0.2) is 9.97 Å². The van der Waals surface area contributed by atoms with Crippen molar-refractivity contribution in [3.63, 3.8) is 0 Å². The van der Waals surface area contributed by atoms with Crippen molar-refractivity contribution in [2.45, 2.75) is 25.8 Å². The van der Waals surface area contributed by atoms with Gasteiger partial charge in [-0.15, -0.1) is 0 Å². The van der Waals surface area contributed by atoms with E-state index in [1.807, 2.05) is 6.07 Å². The first-order valence-electron chi connectivity index (χ1n) is 4.79. The number of aromatic nitrogens is 2. The van der Waals surface area contributed by atoms with Gasteiger partial charge in [-0.1, -0.05) is 0 Å². The molecule has 1 aromatic rings. The number of nitrogens with zero attached hydrogens (tertiary/aromatic N) is 3. The van der Waals surface area contributed by atoms with E-state index in [2.05, 4.69) is 28.8 Å². The minimum atomic E-state index is 0.572. The average Bonchev–Trinajstić information content (AvgIpc) is 3.00. The van der Waals surface area contributed by atoms with Gasteiger partial charge >= 0.3 is 0 Å². The molecule has 3 heteroatoms. The molecule has 0 aliphatic heterocycles. The molecular formula is C10H15N3. The standard InChI is InChI=1S/C10H15N3/c1-8(9-4-5-9)13(2)10-11-6-3-7-12-10/h3,6-9H,4-5H2,1-2H3. The fourth-order valence-corrected chi connectivity index (χ4v) is 1.55. The van der Waals surface area contributed by atoms with Gasteiger partial charge < -0.3 is 4.90 Å². The Morgan fingerprint density at radius 3 is 2.54 bits per heavy atom. The molecule has 0 saturated heterocycles. The summed E-state index contributed by atoms with van der Waals surface area (Å²) in [4.78, 5) is 10.6. The van der Waals surface area contributed by atoms with Crippen LogP contribution in [0.1, 0.15) is 19.8 Å². The second-order valence-corrected chi connectivity index (χ2v) is 3.74. The predicted octanol–water partition coefficient (Wildman–Crippen LogP) is 1.71. The summed E-state index contributed by atoms with van der Waals surface area (Å²) in [6.07, 6.45) is 6.30. The van der Waals surface area contributed by atoms with E-state index in [0.29, 0.717) is 6.04 Å². The quantitative estimate of drug-likeness (QED) is 0.703. The van der Waals surface area contributed by atoms with Gasteiger partial charge in [-0.3, -0.25) is 0 Å². The van der Waals surface area contributed by atoms with Crippen molar-refractivity contribution in [1.82, 2.24) is 9.97 Å². The minimum absolute atomic E-state index is 0.572. The molecule has 1 fully saturated rings. The molecule has 0 spiro atoms. The highest BCUT2D eigenvalue weighted by molar-refractivity contribution is 5.29. The summed E-state index contributed by atoms with van der Waals surface area (Å²) < 4.78 is 0. The topological polar surface area (TPSA) is 29.0 Å². The number of hydrogen-bond acceptors (Lipinski definition) is 3. The largest absolute Gasteiger partial charge is 0.341 e. The molecule has 1 heterocycles. The maximum absolute atomic E-state index is 4.22.